The Morgan fingerprint density at radius 3 is 2.54 bits per heavy atom. The molecule has 1 unspecified atom stereocenters. The molecule has 1 atom stereocenters. The third-order valence-electron chi connectivity index (χ3n) is 4.42. The minimum absolute atomic E-state index is 0.0226. The van der Waals surface area contributed by atoms with Gasteiger partial charge in [-0.15, -0.1) is 0 Å². The Bertz CT molecular complexity index is 891. The van der Waals surface area contributed by atoms with Crippen LogP contribution in [0.1, 0.15) is 29.8 Å². The number of hydrogen-bond donors (Lipinski definition) is 1. The van der Waals surface area contributed by atoms with E-state index in [1.807, 2.05) is 38.1 Å². The molecule has 0 saturated carbocycles. The molecule has 0 bridgehead atoms. The molecule has 3 aromatic rings. The number of ether oxygens (including phenoxy) is 1. The highest BCUT2D eigenvalue weighted by Crippen LogP contribution is 2.22. The zero-order chi connectivity index (χ0) is 18.7. The topological polar surface area (TPSA) is 39.1 Å². The number of aromatic nitrogens is 2. The van der Waals surface area contributed by atoms with E-state index in [2.05, 4.69) is 10.4 Å². The molecule has 136 valence electrons. The summed E-state index contributed by atoms with van der Waals surface area (Å²) in [5.41, 5.74) is 3.14. The normalized spacial score (nSPS) is 12.2. The van der Waals surface area contributed by atoms with E-state index in [9.17, 15) is 8.78 Å². The minimum Gasteiger partial charge on any atom is -0.497 e. The van der Waals surface area contributed by atoms with E-state index >= 15 is 0 Å². The number of halogens is 2. The second-order valence-corrected chi connectivity index (χ2v) is 6.14. The third kappa shape index (κ3) is 3.75. The quantitative estimate of drug-likeness (QED) is 0.714. The van der Waals surface area contributed by atoms with E-state index in [4.69, 9.17) is 4.74 Å². The number of nitrogens with one attached hydrogen (secondary N) is 1. The van der Waals surface area contributed by atoms with Gasteiger partial charge in [-0.1, -0.05) is 12.1 Å². The van der Waals surface area contributed by atoms with E-state index in [1.165, 1.54) is 16.8 Å². The van der Waals surface area contributed by atoms with Gasteiger partial charge in [0.25, 0.3) is 0 Å². The average molecular weight is 357 g/mol. The number of benzene rings is 2. The molecule has 4 nitrogen and oxygen atoms in total. The fourth-order valence-corrected chi connectivity index (χ4v) is 2.87. The Balaban J connectivity index is 1.73. The van der Waals surface area contributed by atoms with Crippen molar-refractivity contribution >= 4 is 0 Å². The Labute approximate surface area is 151 Å². The summed E-state index contributed by atoms with van der Waals surface area (Å²) in [6, 6.07) is 11.3. The van der Waals surface area contributed by atoms with Crippen LogP contribution in [-0.4, -0.2) is 16.9 Å². The van der Waals surface area contributed by atoms with Gasteiger partial charge in [0.15, 0.2) is 5.82 Å². The molecule has 26 heavy (non-hydrogen) atoms. The highest BCUT2D eigenvalue weighted by Gasteiger charge is 2.16. The largest absolute Gasteiger partial charge is 0.497 e. The summed E-state index contributed by atoms with van der Waals surface area (Å²) >= 11 is 0. The second-order valence-electron chi connectivity index (χ2n) is 6.14. The molecule has 0 aliphatic carbocycles. The molecule has 1 N–H and O–H groups in total. The molecule has 0 aliphatic heterocycles. The van der Waals surface area contributed by atoms with Crippen molar-refractivity contribution in [1.82, 2.24) is 15.1 Å². The Kier molecular flexibility index (Phi) is 5.32. The number of methoxy groups -OCH3 is 1. The first kappa shape index (κ1) is 18.1. The van der Waals surface area contributed by atoms with Gasteiger partial charge in [-0.3, -0.25) is 0 Å². The third-order valence-corrected chi connectivity index (χ3v) is 4.42. The Hall–Kier alpha value is -2.73. The Morgan fingerprint density at radius 1 is 1.15 bits per heavy atom. The predicted molar refractivity (Wildman–Crippen MR) is 96.5 cm³/mol. The molecule has 1 aromatic heterocycles. The van der Waals surface area contributed by atoms with E-state index in [1.54, 1.807) is 13.3 Å². The monoisotopic (exact) mass is 357 g/mol. The van der Waals surface area contributed by atoms with Crippen LogP contribution in [0.2, 0.25) is 0 Å². The molecule has 0 spiro atoms. The molecule has 0 amide bonds. The molecule has 1 heterocycles. The summed E-state index contributed by atoms with van der Waals surface area (Å²) in [5, 5.41) is 7.71. The van der Waals surface area contributed by atoms with Crippen LogP contribution in [0, 0.1) is 18.6 Å². The van der Waals surface area contributed by atoms with Crippen LogP contribution in [0.4, 0.5) is 8.78 Å². The maximum absolute atomic E-state index is 14.0. The average Bonchev–Trinajstić information content (AvgIpc) is 3.01. The van der Waals surface area contributed by atoms with Crippen molar-refractivity contribution in [1.29, 1.82) is 0 Å². The van der Waals surface area contributed by atoms with E-state index in [0.717, 1.165) is 28.6 Å². The van der Waals surface area contributed by atoms with Crippen LogP contribution >= 0.6 is 0 Å². The summed E-state index contributed by atoms with van der Waals surface area (Å²) in [6.07, 6.45) is 1.71. The van der Waals surface area contributed by atoms with Gasteiger partial charge >= 0.3 is 0 Å². The lowest BCUT2D eigenvalue weighted by Crippen LogP contribution is -2.18. The minimum atomic E-state index is -0.637. The van der Waals surface area contributed by atoms with Gasteiger partial charge in [-0.2, -0.15) is 5.10 Å². The number of rotatable bonds is 6. The molecule has 6 heteroatoms. The molecular formula is C20H21F2N3O. The fourth-order valence-electron chi connectivity index (χ4n) is 2.87. The zero-order valence-electron chi connectivity index (χ0n) is 15.0. The van der Waals surface area contributed by atoms with Gasteiger partial charge in [0.2, 0.25) is 0 Å². The van der Waals surface area contributed by atoms with Crippen LogP contribution in [0.5, 0.6) is 5.75 Å². The molecule has 0 fully saturated rings. The van der Waals surface area contributed by atoms with E-state index in [0.29, 0.717) is 6.54 Å². The van der Waals surface area contributed by atoms with Gasteiger partial charge in [0.1, 0.15) is 17.3 Å². The summed E-state index contributed by atoms with van der Waals surface area (Å²) in [7, 11) is 1.64. The predicted octanol–water partition coefficient (Wildman–Crippen LogP) is 4.32. The number of nitrogens with zero attached hydrogens (tertiary/aromatic N) is 2. The maximum Gasteiger partial charge on any atom is 0.151 e. The zero-order valence-corrected chi connectivity index (χ0v) is 15.0. The fraction of sp³-hybridized carbons (Fsp3) is 0.250. The smallest absolute Gasteiger partial charge is 0.151 e. The molecular weight excluding hydrogens is 336 g/mol. The molecule has 3 rings (SSSR count). The lowest BCUT2D eigenvalue weighted by molar-refractivity contribution is 0.414. The first-order valence-electron chi connectivity index (χ1n) is 8.36. The van der Waals surface area contributed by atoms with Gasteiger partial charge in [0.05, 0.1) is 13.3 Å². The van der Waals surface area contributed by atoms with Crippen LogP contribution in [0.25, 0.3) is 5.69 Å². The van der Waals surface area contributed by atoms with Gasteiger partial charge in [0, 0.05) is 29.9 Å². The van der Waals surface area contributed by atoms with Crippen molar-refractivity contribution in [2.75, 3.05) is 7.11 Å². The lowest BCUT2D eigenvalue weighted by Gasteiger charge is -2.14. The highest BCUT2D eigenvalue weighted by atomic mass is 19.1. The van der Waals surface area contributed by atoms with Gasteiger partial charge < -0.3 is 10.1 Å². The second kappa shape index (κ2) is 7.66. The molecule has 2 aromatic carbocycles. The van der Waals surface area contributed by atoms with Crippen LogP contribution in [0.3, 0.4) is 0 Å². The van der Waals surface area contributed by atoms with Crippen molar-refractivity contribution in [3.63, 3.8) is 0 Å². The van der Waals surface area contributed by atoms with Crippen LogP contribution in [0.15, 0.2) is 48.7 Å². The molecule has 0 saturated heterocycles. The van der Waals surface area contributed by atoms with Gasteiger partial charge in [-0.05, 0) is 43.7 Å². The summed E-state index contributed by atoms with van der Waals surface area (Å²) in [5.74, 6) is -0.423. The van der Waals surface area contributed by atoms with Crippen LogP contribution < -0.4 is 10.1 Å². The maximum atomic E-state index is 14.0. The summed E-state index contributed by atoms with van der Waals surface area (Å²) in [4.78, 5) is 0. The van der Waals surface area contributed by atoms with Crippen molar-refractivity contribution in [2.24, 2.45) is 0 Å². The van der Waals surface area contributed by atoms with Crippen LogP contribution in [-0.2, 0) is 6.54 Å². The van der Waals surface area contributed by atoms with E-state index in [-0.39, 0.29) is 11.7 Å². The summed E-state index contributed by atoms with van der Waals surface area (Å²) < 4.78 is 33.8. The lowest BCUT2D eigenvalue weighted by atomic mass is 10.1. The Morgan fingerprint density at radius 2 is 1.88 bits per heavy atom. The van der Waals surface area contributed by atoms with Crippen molar-refractivity contribution in [3.05, 3.63) is 77.1 Å². The highest BCUT2D eigenvalue weighted by molar-refractivity contribution is 5.37. The standard InChI is InChI=1S/C20H21F2N3O/c1-13(23-11-15-4-7-17(26-3)8-5-15)18-12-24-25(14(18)2)20-9-6-16(21)10-19(20)22/h4-10,12-13,23H,11H2,1-3H3. The summed E-state index contributed by atoms with van der Waals surface area (Å²) in [6.45, 7) is 4.58. The van der Waals surface area contributed by atoms with Crippen molar-refractivity contribution in [3.8, 4) is 11.4 Å². The first-order valence-corrected chi connectivity index (χ1v) is 8.36. The van der Waals surface area contributed by atoms with Crippen molar-refractivity contribution in [2.45, 2.75) is 26.4 Å². The molecule has 0 aliphatic rings. The van der Waals surface area contributed by atoms with E-state index < -0.39 is 11.6 Å². The SMILES string of the molecule is COc1ccc(CNC(C)c2cnn(-c3ccc(F)cc3F)c2C)cc1. The van der Waals surface area contributed by atoms with Gasteiger partial charge in [-0.25, -0.2) is 13.5 Å². The molecule has 0 radical (unpaired) electrons. The first-order chi connectivity index (χ1) is 12.5. The number of hydrogen-bond acceptors (Lipinski definition) is 3. The van der Waals surface area contributed by atoms with Crippen molar-refractivity contribution < 1.29 is 13.5 Å².